The van der Waals surface area contributed by atoms with Crippen LogP contribution >= 0.6 is 0 Å². The topological polar surface area (TPSA) is 59.8 Å². The van der Waals surface area contributed by atoms with Gasteiger partial charge < -0.3 is 24.2 Å². The molecule has 2 aliphatic rings. The van der Waals surface area contributed by atoms with Gasteiger partial charge in [0.25, 0.3) is 0 Å². The minimum absolute atomic E-state index is 0.255. The zero-order valence-corrected chi connectivity index (χ0v) is 11.2. The fourth-order valence-corrected chi connectivity index (χ4v) is 2.79. The summed E-state index contributed by atoms with van der Waals surface area (Å²) in [5.41, 5.74) is 1.70. The van der Waals surface area contributed by atoms with Gasteiger partial charge in [-0.15, -0.1) is 0 Å². The highest BCUT2D eigenvalue weighted by atomic mass is 16.7. The molecule has 1 aromatic carbocycles. The Morgan fingerprint density at radius 1 is 1.20 bits per heavy atom. The quantitative estimate of drug-likeness (QED) is 0.902. The SMILES string of the molecule is c1cc2c(CCN3CCNCC3)noc2c2c1OCO2. The number of piperazine rings is 1. The summed E-state index contributed by atoms with van der Waals surface area (Å²) in [5.74, 6) is 1.42. The summed E-state index contributed by atoms with van der Waals surface area (Å²) in [5, 5.41) is 8.60. The average molecular weight is 275 g/mol. The van der Waals surface area contributed by atoms with Gasteiger partial charge in [0, 0.05) is 44.5 Å². The van der Waals surface area contributed by atoms with E-state index in [0.717, 1.165) is 56.0 Å². The minimum Gasteiger partial charge on any atom is -0.453 e. The van der Waals surface area contributed by atoms with E-state index < -0.39 is 0 Å². The summed E-state index contributed by atoms with van der Waals surface area (Å²) in [7, 11) is 0. The van der Waals surface area contributed by atoms with E-state index >= 15 is 0 Å². The van der Waals surface area contributed by atoms with Gasteiger partial charge in [-0.1, -0.05) is 5.16 Å². The summed E-state index contributed by atoms with van der Waals surface area (Å²) in [4.78, 5) is 2.45. The second kappa shape index (κ2) is 4.96. The molecule has 4 rings (SSSR count). The highest BCUT2D eigenvalue weighted by Gasteiger charge is 2.22. The van der Waals surface area contributed by atoms with E-state index in [0.29, 0.717) is 11.3 Å². The van der Waals surface area contributed by atoms with Gasteiger partial charge in [0.1, 0.15) is 0 Å². The molecule has 2 aliphatic heterocycles. The number of nitrogens with zero attached hydrogens (tertiary/aromatic N) is 2. The molecule has 106 valence electrons. The standard InChI is InChI=1S/C14H17N3O3/c1-2-12-14(19-9-18-12)13-10(1)11(16-20-13)3-6-17-7-4-15-5-8-17/h1-2,15H,3-9H2. The first-order valence-corrected chi connectivity index (χ1v) is 7.02. The Balaban J connectivity index is 1.55. The van der Waals surface area contributed by atoms with Crippen molar-refractivity contribution >= 4 is 11.0 Å². The highest BCUT2D eigenvalue weighted by molar-refractivity contribution is 5.87. The van der Waals surface area contributed by atoms with Crippen molar-refractivity contribution in [2.75, 3.05) is 39.5 Å². The molecule has 0 amide bonds. The van der Waals surface area contributed by atoms with Gasteiger partial charge in [0.05, 0.1) is 5.69 Å². The van der Waals surface area contributed by atoms with Gasteiger partial charge in [-0.3, -0.25) is 0 Å². The molecule has 0 spiro atoms. The number of aromatic nitrogens is 1. The van der Waals surface area contributed by atoms with Crippen LogP contribution in [0.2, 0.25) is 0 Å². The number of hydrogen-bond donors (Lipinski definition) is 1. The third-order valence-corrected chi connectivity index (χ3v) is 3.93. The maximum Gasteiger partial charge on any atom is 0.231 e. The lowest BCUT2D eigenvalue weighted by Gasteiger charge is -2.26. The molecule has 1 fully saturated rings. The van der Waals surface area contributed by atoms with Crippen LogP contribution in [0.25, 0.3) is 11.0 Å². The van der Waals surface area contributed by atoms with Crippen molar-refractivity contribution < 1.29 is 14.0 Å². The molecule has 0 unspecified atom stereocenters. The molecule has 0 radical (unpaired) electrons. The van der Waals surface area contributed by atoms with Crippen LogP contribution in [-0.2, 0) is 6.42 Å². The number of hydrogen-bond acceptors (Lipinski definition) is 6. The van der Waals surface area contributed by atoms with Crippen LogP contribution in [0.4, 0.5) is 0 Å². The van der Waals surface area contributed by atoms with Crippen LogP contribution in [0.15, 0.2) is 16.7 Å². The maximum atomic E-state index is 5.45. The van der Waals surface area contributed by atoms with Crippen molar-refractivity contribution in [3.63, 3.8) is 0 Å². The zero-order chi connectivity index (χ0) is 13.4. The summed E-state index contributed by atoms with van der Waals surface area (Å²) in [6.07, 6.45) is 0.895. The van der Waals surface area contributed by atoms with Crippen LogP contribution in [-0.4, -0.2) is 49.6 Å². The molecule has 20 heavy (non-hydrogen) atoms. The lowest BCUT2D eigenvalue weighted by atomic mass is 10.1. The minimum atomic E-state index is 0.255. The summed E-state index contributed by atoms with van der Waals surface area (Å²) < 4.78 is 16.2. The first kappa shape index (κ1) is 12.0. The number of rotatable bonds is 3. The summed E-state index contributed by atoms with van der Waals surface area (Å²) in [6, 6.07) is 3.93. The molecule has 2 aromatic rings. The van der Waals surface area contributed by atoms with E-state index in [1.807, 2.05) is 12.1 Å². The fourth-order valence-electron chi connectivity index (χ4n) is 2.79. The van der Waals surface area contributed by atoms with Crippen LogP contribution in [0, 0.1) is 0 Å². The van der Waals surface area contributed by atoms with Gasteiger partial charge in [-0.05, 0) is 12.1 Å². The third kappa shape index (κ3) is 2.01. The Labute approximate surface area is 116 Å². The van der Waals surface area contributed by atoms with Crippen molar-refractivity contribution in [2.24, 2.45) is 0 Å². The van der Waals surface area contributed by atoms with Crippen LogP contribution in [0.1, 0.15) is 5.69 Å². The molecule has 0 saturated carbocycles. The van der Waals surface area contributed by atoms with Crippen molar-refractivity contribution in [3.05, 3.63) is 17.8 Å². The molecule has 0 aliphatic carbocycles. The molecule has 6 heteroatoms. The van der Waals surface area contributed by atoms with Gasteiger partial charge in [0.15, 0.2) is 5.75 Å². The number of ether oxygens (including phenoxy) is 2. The monoisotopic (exact) mass is 275 g/mol. The molecule has 1 N–H and O–H groups in total. The van der Waals surface area contributed by atoms with Gasteiger partial charge in [-0.25, -0.2) is 0 Å². The molecule has 0 atom stereocenters. The third-order valence-electron chi connectivity index (χ3n) is 3.93. The predicted molar refractivity (Wildman–Crippen MR) is 73.1 cm³/mol. The number of benzene rings is 1. The molecular formula is C14H17N3O3. The average Bonchev–Trinajstić information content (AvgIpc) is 3.12. The molecule has 1 aromatic heterocycles. The molecule has 3 heterocycles. The maximum absolute atomic E-state index is 5.45. The van der Waals surface area contributed by atoms with E-state index in [4.69, 9.17) is 14.0 Å². The highest BCUT2D eigenvalue weighted by Crippen LogP contribution is 2.40. The van der Waals surface area contributed by atoms with E-state index in [2.05, 4.69) is 15.4 Å². The van der Waals surface area contributed by atoms with E-state index in [-0.39, 0.29) is 6.79 Å². The Morgan fingerprint density at radius 3 is 3.00 bits per heavy atom. The lowest BCUT2D eigenvalue weighted by molar-refractivity contribution is 0.173. The molecule has 1 saturated heterocycles. The molecular weight excluding hydrogens is 258 g/mol. The van der Waals surface area contributed by atoms with Gasteiger partial charge >= 0.3 is 0 Å². The Morgan fingerprint density at radius 2 is 2.10 bits per heavy atom. The number of nitrogens with one attached hydrogen (secondary N) is 1. The smallest absolute Gasteiger partial charge is 0.231 e. The van der Waals surface area contributed by atoms with E-state index in [1.165, 1.54) is 0 Å². The molecule has 6 nitrogen and oxygen atoms in total. The lowest BCUT2D eigenvalue weighted by Crippen LogP contribution is -2.44. The Kier molecular flexibility index (Phi) is 2.97. The second-order valence-electron chi connectivity index (χ2n) is 5.15. The van der Waals surface area contributed by atoms with Crippen molar-refractivity contribution in [2.45, 2.75) is 6.42 Å². The van der Waals surface area contributed by atoms with Crippen LogP contribution in [0.5, 0.6) is 11.5 Å². The van der Waals surface area contributed by atoms with Crippen molar-refractivity contribution in [3.8, 4) is 11.5 Å². The first-order valence-electron chi connectivity index (χ1n) is 7.02. The summed E-state index contributed by atoms with van der Waals surface area (Å²) in [6.45, 7) is 5.60. The Hall–Kier alpha value is -1.79. The van der Waals surface area contributed by atoms with E-state index in [9.17, 15) is 0 Å². The predicted octanol–water partition coefficient (Wildman–Crippen LogP) is 1.00. The second-order valence-corrected chi connectivity index (χ2v) is 5.15. The van der Waals surface area contributed by atoms with Crippen LogP contribution < -0.4 is 14.8 Å². The number of fused-ring (bicyclic) bond motifs is 3. The normalized spacial score (nSPS) is 18.8. The largest absolute Gasteiger partial charge is 0.453 e. The van der Waals surface area contributed by atoms with Crippen molar-refractivity contribution in [1.82, 2.24) is 15.4 Å². The van der Waals surface area contributed by atoms with Crippen LogP contribution in [0.3, 0.4) is 0 Å². The zero-order valence-electron chi connectivity index (χ0n) is 11.2. The summed E-state index contributed by atoms with van der Waals surface area (Å²) >= 11 is 0. The van der Waals surface area contributed by atoms with Crippen molar-refractivity contribution in [1.29, 1.82) is 0 Å². The Bertz CT molecular complexity index is 619. The van der Waals surface area contributed by atoms with E-state index in [1.54, 1.807) is 0 Å². The van der Waals surface area contributed by atoms with Gasteiger partial charge in [-0.2, -0.15) is 0 Å². The van der Waals surface area contributed by atoms with Gasteiger partial charge in [0.2, 0.25) is 18.1 Å². The molecule has 0 bridgehead atoms. The first-order chi connectivity index (χ1) is 9.92. The fraction of sp³-hybridized carbons (Fsp3) is 0.500.